The van der Waals surface area contributed by atoms with Gasteiger partial charge in [0.2, 0.25) is 24.3 Å². The minimum Gasteiger partial charge on any atom is -0.462 e. The summed E-state index contributed by atoms with van der Waals surface area (Å²) in [6.07, 6.45) is 16.2. The predicted molar refractivity (Wildman–Crippen MR) is 423 cm³/mol. The Morgan fingerprint density at radius 2 is 0.957 bits per heavy atom. The van der Waals surface area contributed by atoms with Gasteiger partial charge in [0.05, 0.1) is 56.9 Å². The molecule has 0 aliphatic heterocycles. The van der Waals surface area contributed by atoms with Crippen LogP contribution in [0.15, 0.2) is 34.4 Å². The first-order chi connectivity index (χ1) is 55.6. The Bertz CT molecular complexity index is 3660. The molecular weight excluding hydrogens is 1530 g/mol. The molecule has 0 aromatic carbocycles. The standard InChI is InChI=1S/C80H127N9O24P2/c1-6-11-24-38-69(86-59-93)89-77(101)87(48-33-20-18-30-45-81-56-90)76(100)88(78(89)102)49-34-21-19-32-47-82-74(98)110-63-41-39-60(54-66(63)113-115(104,107-52-14-9-4)108-53-15-10-5)72(96)109-61-40-42-64(112-114(103,105-50-12-7-2)106-51-13-8-3)65(55-61)111-75(99)83-46-31-17-16-25-35-62-70(94)79(43-28-22-26-36-67(79)84-57-91)73(97)80(71(62)95)44-29-23-27-37-68(80)85-58-92/h60-69H,6-55H2,1-5H3,(H,82,98)(H,83,99). The average molecular weight is 1660 g/mol. The number of esters is 1. The normalized spacial score (nSPS) is 24.1. The molecule has 5 saturated carbocycles. The van der Waals surface area contributed by atoms with E-state index in [0.717, 1.165) is 39.4 Å². The van der Waals surface area contributed by atoms with Crippen molar-refractivity contribution in [2.75, 3.05) is 46.1 Å². The van der Waals surface area contributed by atoms with Gasteiger partial charge in [0, 0.05) is 32.6 Å². The number of carbonyl (C=O) groups is 6. The van der Waals surface area contributed by atoms with E-state index in [2.05, 4.69) is 30.6 Å². The van der Waals surface area contributed by atoms with Crippen molar-refractivity contribution in [3.8, 4) is 0 Å². The van der Waals surface area contributed by atoms with Gasteiger partial charge in [-0.15, -0.1) is 0 Å². The van der Waals surface area contributed by atoms with Gasteiger partial charge in [0.15, 0.2) is 17.3 Å². The maximum absolute atomic E-state index is 15.2. The van der Waals surface area contributed by atoms with Crippen molar-refractivity contribution in [2.45, 2.75) is 360 Å². The Hall–Kier alpha value is -6.83. The molecule has 646 valence electrons. The Labute approximate surface area is 675 Å². The van der Waals surface area contributed by atoms with Gasteiger partial charge in [0.1, 0.15) is 47.5 Å². The number of ether oxygens (including phenoxy) is 3. The van der Waals surface area contributed by atoms with Crippen molar-refractivity contribution in [3.05, 3.63) is 31.5 Å². The number of hydrogen-bond donors (Lipinski definition) is 2. The number of hydrogen-bond acceptors (Lipinski definition) is 28. The van der Waals surface area contributed by atoms with Gasteiger partial charge >= 0.3 is 50.9 Å². The van der Waals surface area contributed by atoms with Crippen LogP contribution in [-0.4, -0.2) is 162 Å². The third-order valence-electron chi connectivity index (χ3n) is 22.7. The third-order valence-corrected chi connectivity index (χ3v) is 25.7. The molecule has 0 saturated heterocycles. The molecule has 5 aliphatic carbocycles. The molecule has 1 aromatic rings. The fourth-order valence-electron chi connectivity index (χ4n) is 16.3. The molecule has 2 N–H and O–H groups in total. The summed E-state index contributed by atoms with van der Waals surface area (Å²) in [6.45, 7) is 10.4. The molecule has 5 fully saturated rings. The van der Waals surface area contributed by atoms with Crippen LogP contribution in [0.2, 0.25) is 0 Å². The maximum Gasteiger partial charge on any atom is 0.475 e. The second-order valence-electron chi connectivity index (χ2n) is 31.0. The zero-order chi connectivity index (χ0) is 83.5. The molecule has 5 aliphatic rings. The van der Waals surface area contributed by atoms with Crippen molar-refractivity contribution >= 4 is 75.5 Å². The van der Waals surface area contributed by atoms with E-state index in [1.807, 2.05) is 34.6 Å². The molecule has 2 amide bonds. The minimum absolute atomic E-state index is 0.00267. The van der Waals surface area contributed by atoms with Crippen LogP contribution in [0.25, 0.3) is 0 Å². The molecule has 1 aromatic heterocycles. The van der Waals surface area contributed by atoms with Crippen molar-refractivity contribution in [1.29, 1.82) is 0 Å². The summed E-state index contributed by atoms with van der Waals surface area (Å²) in [7, 11) is -8.61. The number of phosphoric ester groups is 2. The SMILES string of the molecule is CCCCCC(N=C=O)n1c(=O)n(CCCCCCN=C=O)c(=O)n(CCCCCCNC(=O)OC2CCC(C(=O)OC3CCC(OP(=O)(OCCCC)OCCCC)C(OC(=O)NCCCCCCC4C(=O)C5(CCCCCC5N=C=O)C(=O)C5(CCCCCC5N=C=O)C4=O)C3)CC2OP(=O)(OCCCC)OCCCC)c1=O. The van der Waals surface area contributed by atoms with Crippen molar-refractivity contribution in [2.24, 2.45) is 42.6 Å². The molecule has 33 nitrogen and oxygen atoms in total. The zero-order valence-electron chi connectivity index (χ0n) is 68.5. The van der Waals surface area contributed by atoms with Crippen LogP contribution in [0.4, 0.5) is 9.59 Å². The van der Waals surface area contributed by atoms with Gasteiger partial charge in [-0.2, -0.15) is 4.99 Å². The maximum atomic E-state index is 15.2. The summed E-state index contributed by atoms with van der Waals surface area (Å²) < 4.78 is 85.7. The van der Waals surface area contributed by atoms with Gasteiger partial charge < -0.3 is 24.8 Å². The van der Waals surface area contributed by atoms with Crippen molar-refractivity contribution < 1.29 is 98.4 Å². The highest BCUT2D eigenvalue weighted by Crippen LogP contribution is 2.57. The number of phosphoric acid groups is 2. The van der Waals surface area contributed by atoms with E-state index in [4.69, 9.17) is 41.4 Å². The van der Waals surface area contributed by atoms with Gasteiger partial charge in [-0.1, -0.05) is 157 Å². The van der Waals surface area contributed by atoms with Crippen molar-refractivity contribution in [3.63, 3.8) is 0 Å². The lowest BCUT2D eigenvalue weighted by Crippen LogP contribution is -2.67. The number of alkyl carbamates (subject to hydrolysis) is 2. The molecule has 11 atom stereocenters. The number of isocyanates is 4. The number of aromatic nitrogens is 3. The number of ketones is 3. The number of aliphatic imine (C=N–C) groups is 4. The van der Waals surface area contributed by atoms with Crippen LogP contribution in [-0.2, 0) is 102 Å². The smallest absolute Gasteiger partial charge is 0.462 e. The van der Waals surface area contributed by atoms with Crippen LogP contribution >= 0.6 is 15.6 Å². The third kappa shape index (κ3) is 29.0. The molecule has 6 rings (SSSR count). The number of rotatable bonds is 53. The summed E-state index contributed by atoms with van der Waals surface area (Å²) in [4.78, 5) is 190. The lowest BCUT2D eigenvalue weighted by molar-refractivity contribution is -0.168. The summed E-state index contributed by atoms with van der Waals surface area (Å²) in [5.74, 6) is -4.40. The number of carbonyl (C=O) groups excluding carboxylic acids is 10. The zero-order valence-corrected chi connectivity index (χ0v) is 70.2. The molecule has 35 heteroatoms. The van der Waals surface area contributed by atoms with Crippen LogP contribution in [0, 0.1) is 22.7 Å². The molecular formula is C80H127N9O24P2. The van der Waals surface area contributed by atoms with E-state index in [1.54, 1.807) is 12.2 Å². The lowest BCUT2D eigenvalue weighted by Gasteiger charge is -2.50. The Kier molecular flexibility index (Phi) is 44.0. The fourth-order valence-corrected chi connectivity index (χ4v) is 19.2. The van der Waals surface area contributed by atoms with E-state index in [9.17, 15) is 66.7 Å². The van der Waals surface area contributed by atoms with E-state index >= 15 is 4.79 Å². The largest absolute Gasteiger partial charge is 0.475 e. The number of amides is 2. The van der Waals surface area contributed by atoms with Gasteiger partial charge in [0.25, 0.3) is 0 Å². The molecule has 0 radical (unpaired) electrons. The van der Waals surface area contributed by atoms with Crippen LogP contribution < -0.4 is 27.7 Å². The fraction of sp³-hybridized carbons (Fsp3) is 0.838. The quantitative estimate of drug-likeness (QED) is 0.0116. The Morgan fingerprint density at radius 1 is 0.478 bits per heavy atom. The molecule has 0 bridgehead atoms. The monoisotopic (exact) mass is 1660 g/mol. The van der Waals surface area contributed by atoms with E-state index < -0.39 is 140 Å². The number of nitrogens with one attached hydrogen (secondary N) is 2. The van der Waals surface area contributed by atoms with E-state index in [0.29, 0.717) is 180 Å². The second kappa shape index (κ2) is 52.2. The molecule has 11 unspecified atom stereocenters. The second-order valence-corrected chi connectivity index (χ2v) is 34.2. The summed E-state index contributed by atoms with van der Waals surface area (Å²) in [5, 5.41) is 5.54. The van der Waals surface area contributed by atoms with Crippen LogP contribution in [0.1, 0.15) is 304 Å². The Morgan fingerprint density at radius 3 is 1.45 bits per heavy atom. The lowest BCUT2D eigenvalue weighted by atomic mass is 9.49. The Balaban J connectivity index is 1.10. The number of nitrogens with zero attached hydrogens (tertiary/aromatic N) is 7. The summed E-state index contributed by atoms with van der Waals surface area (Å²) in [5.41, 5.74) is -6.01. The van der Waals surface area contributed by atoms with Crippen LogP contribution in [0.3, 0.4) is 0 Å². The first kappa shape index (κ1) is 97.0. The average Bonchev–Trinajstić information content (AvgIpc) is 1.63. The molecule has 115 heavy (non-hydrogen) atoms. The van der Waals surface area contributed by atoms with Gasteiger partial charge in [-0.25, -0.2) is 81.0 Å². The molecule has 1 heterocycles. The molecule has 2 spiro atoms. The first-order valence-electron chi connectivity index (χ1n) is 42.7. The van der Waals surface area contributed by atoms with E-state index in [1.165, 1.54) is 12.2 Å². The number of unbranched alkanes of at least 4 members (excludes halogenated alkanes) is 15. The summed E-state index contributed by atoms with van der Waals surface area (Å²) >= 11 is 0. The van der Waals surface area contributed by atoms with Crippen LogP contribution in [0.5, 0.6) is 0 Å². The van der Waals surface area contributed by atoms with Crippen molar-refractivity contribution in [1.82, 2.24) is 24.3 Å². The highest BCUT2D eigenvalue weighted by Gasteiger charge is 2.70. The van der Waals surface area contributed by atoms with Gasteiger partial charge in [-0.05, 0) is 135 Å². The van der Waals surface area contributed by atoms with E-state index in [-0.39, 0.29) is 117 Å². The number of Topliss-reactive ketones (excluding diaryl/α,β-unsaturated/α-hetero) is 3. The summed E-state index contributed by atoms with van der Waals surface area (Å²) in [6, 6.07) is -1.99. The topological polar surface area (TPSA) is 427 Å². The highest BCUT2D eigenvalue weighted by atomic mass is 31.2. The predicted octanol–water partition coefficient (Wildman–Crippen LogP) is 14.0. The highest BCUT2D eigenvalue weighted by molar-refractivity contribution is 7.48. The van der Waals surface area contributed by atoms with Gasteiger partial charge in [-0.3, -0.25) is 46.3 Å². The minimum atomic E-state index is -4.35. The first-order valence-corrected chi connectivity index (χ1v) is 45.7.